The SMILES string of the molecule is O=S(=O)(NC1=NCCCCC1)c1ccc(NS(=O)(=O)c2ccccc2Br)cc1. The second kappa shape index (κ2) is 8.62. The topological polar surface area (TPSA) is 105 Å². The van der Waals surface area contributed by atoms with E-state index in [0.717, 1.165) is 19.3 Å². The average Bonchev–Trinajstić information content (AvgIpc) is 2.90. The first-order chi connectivity index (χ1) is 13.3. The molecule has 3 rings (SSSR count). The van der Waals surface area contributed by atoms with Gasteiger partial charge in [-0.1, -0.05) is 18.6 Å². The summed E-state index contributed by atoms with van der Waals surface area (Å²) in [6.07, 6.45) is 3.48. The number of hydrogen-bond donors (Lipinski definition) is 2. The maximum atomic E-state index is 12.5. The van der Waals surface area contributed by atoms with Crippen LogP contribution in [0.2, 0.25) is 0 Å². The van der Waals surface area contributed by atoms with Gasteiger partial charge in [-0.2, -0.15) is 0 Å². The highest BCUT2D eigenvalue weighted by atomic mass is 79.9. The molecular formula is C18H20BrN3O4S2. The number of amidine groups is 1. The van der Waals surface area contributed by atoms with Crippen molar-refractivity contribution in [2.24, 2.45) is 4.99 Å². The number of nitrogens with zero attached hydrogens (tertiary/aromatic N) is 1. The largest absolute Gasteiger partial charge is 0.280 e. The number of aliphatic imine (C=N–C) groups is 1. The van der Waals surface area contributed by atoms with E-state index in [1.807, 2.05) is 0 Å². The summed E-state index contributed by atoms with van der Waals surface area (Å²) < 4.78 is 55.5. The van der Waals surface area contributed by atoms with Gasteiger partial charge in [0.15, 0.2) is 0 Å². The van der Waals surface area contributed by atoms with Gasteiger partial charge in [0.1, 0.15) is 10.7 Å². The second-order valence-corrected chi connectivity index (χ2v) is 10.5. The molecule has 0 unspecified atom stereocenters. The fraction of sp³-hybridized carbons (Fsp3) is 0.278. The molecule has 0 fully saturated rings. The highest BCUT2D eigenvalue weighted by Crippen LogP contribution is 2.24. The zero-order valence-electron chi connectivity index (χ0n) is 14.9. The van der Waals surface area contributed by atoms with Crippen LogP contribution in [0, 0.1) is 0 Å². The van der Waals surface area contributed by atoms with Crippen molar-refractivity contribution < 1.29 is 16.8 Å². The minimum Gasteiger partial charge on any atom is -0.280 e. The fourth-order valence-electron chi connectivity index (χ4n) is 2.75. The van der Waals surface area contributed by atoms with Crippen molar-refractivity contribution in [3.8, 4) is 0 Å². The minimum absolute atomic E-state index is 0.0447. The molecular weight excluding hydrogens is 466 g/mol. The Labute approximate surface area is 173 Å². The van der Waals surface area contributed by atoms with Gasteiger partial charge in [0.2, 0.25) is 0 Å². The van der Waals surface area contributed by atoms with E-state index in [-0.39, 0.29) is 15.5 Å². The van der Waals surface area contributed by atoms with Gasteiger partial charge in [0.05, 0.1) is 4.90 Å². The van der Waals surface area contributed by atoms with Crippen molar-refractivity contribution >= 4 is 47.5 Å². The third kappa shape index (κ3) is 5.12. The van der Waals surface area contributed by atoms with E-state index in [4.69, 9.17) is 0 Å². The minimum atomic E-state index is -3.80. The third-order valence-electron chi connectivity index (χ3n) is 4.17. The zero-order valence-corrected chi connectivity index (χ0v) is 18.1. The second-order valence-electron chi connectivity index (χ2n) is 6.30. The maximum Gasteiger partial charge on any atom is 0.263 e. The first-order valence-electron chi connectivity index (χ1n) is 8.71. The van der Waals surface area contributed by atoms with Gasteiger partial charge >= 0.3 is 0 Å². The van der Waals surface area contributed by atoms with Crippen LogP contribution in [0.4, 0.5) is 5.69 Å². The van der Waals surface area contributed by atoms with E-state index in [2.05, 4.69) is 30.4 Å². The Hall–Kier alpha value is -1.91. The van der Waals surface area contributed by atoms with Gasteiger partial charge in [0, 0.05) is 23.1 Å². The molecule has 0 saturated heterocycles. The lowest BCUT2D eigenvalue weighted by Crippen LogP contribution is -2.30. The molecule has 1 heterocycles. The lowest BCUT2D eigenvalue weighted by Gasteiger charge is -2.12. The lowest BCUT2D eigenvalue weighted by atomic mass is 10.2. The van der Waals surface area contributed by atoms with Crippen LogP contribution in [-0.2, 0) is 20.0 Å². The molecule has 2 aromatic rings. The van der Waals surface area contributed by atoms with E-state index in [0.29, 0.717) is 23.3 Å². The molecule has 150 valence electrons. The molecule has 1 aliphatic rings. The van der Waals surface area contributed by atoms with Crippen molar-refractivity contribution in [2.45, 2.75) is 35.5 Å². The standard InChI is InChI=1S/C18H20BrN3O4S2/c19-16-6-3-4-7-17(16)28(25,26)21-14-9-11-15(12-10-14)27(23,24)22-18-8-2-1-5-13-20-18/h3-4,6-7,9-12,21H,1-2,5,8,13H2,(H,20,22). The van der Waals surface area contributed by atoms with E-state index in [1.54, 1.807) is 18.2 Å². The number of benzene rings is 2. The Balaban J connectivity index is 1.76. The quantitative estimate of drug-likeness (QED) is 0.675. The average molecular weight is 486 g/mol. The Morgan fingerprint density at radius 3 is 2.25 bits per heavy atom. The molecule has 0 spiro atoms. The van der Waals surface area contributed by atoms with Crippen molar-refractivity contribution in [1.29, 1.82) is 0 Å². The third-order valence-corrected chi connectivity index (χ3v) is 7.96. The molecule has 0 atom stereocenters. The molecule has 2 N–H and O–H groups in total. The summed E-state index contributed by atoms with van der Waals surface area (Å²) in [5, 5.41) is 0. The van der Waals surface area contributed by atoms with Gasteiger partial charge in [-0.15, -0.1) is 0 Å². The van der Waals surface area contributed by atoms with Crippen LogP contribution in [0.5, 0.6) is 0 Å². The smallest absolute Gasteiger partial charge is 0.263 e. The molecule has 28 heavy (non-hydrogen) atoms. The van der Waals surface area contributed by atoms with Crippen molar-refractivity contribution in [2.75, 3.05) is 11.3 Å². The Bertz CT molecular complexity index is 1080. The van der Waals surface area contributed by atoms with Crippen LogP contribution in [0.25, 0.3) is 0 Å². The summed E-state index contributed by atoms with van der Waals surface area (Å²) in [6.45, 7) is 0.619. The summed E-state index contributed by atoms with van der Waals surface area (Å²) in [6, 6.07) is 12.0. The summed E-state index contributed by atoms with van der Waals surface area (Å²) in [7, 11) is -7.56. The Kier molecular flexibility index (Phi) is 6.41. The van der Waals surface area contributed by atoms with E-state index in [1.165, 1.54) is 30.3 Å². The van der Waals surface area contributed by atoms with Crippen molar-refractivity contribution in [3.05, 3.63) is 53.0 Å². The van der Waals surface area contributed by atoms with Gasteiger partial charge in [-0.05, 0) is 65.2 Å². The molecule has 2 aromatic carbocycles. The van der Waals surface area contributed by atoms with Crippen molar-refractivity contribution in [1.82, 2.24) is 4.72 Å². The molecule has 0 aliphatic carbocycles. The normalized spacial score (nSPS) is 15.4. The van der Waals surface area contributed by atoms with Crippen LogP contribution >= 0.6 is 15.9 Å². The summed E-state index contributed by atoms with van der Waals surface area (Å²) in [5.74, 6) is 0.469. The van der Waals surface area contributed by atoms with Gasteiger partial charge in [0.25, 0.3) is 20.0 Å². The highest BCUT2D eigenvalue weighted by molar-refractivity contribution is 9.10. The van der Waals surface area contributed by atoms with Crippen LogP contribution in [0.15, 0.2) is 67.8 Å². The van der Waals surface area contributed by atoms with Crippen molar-refractivity contribution in [3.63, 3.8) is 0 Å². The number of nitrogens with one attached hydrogen (secondary N) is 2. The summed E-state index contributed by atoms with van der Waals surface area (Å²) in [4.78, 5) is 4.41. The molecule has 1 aliphatic heterocycles. The molecule has 10 heteroatoms. The number of anilines is 1. The number of halogens is 1. The van der Waals surface area contributed by atoms with Crippen LogP contribution in [-0.4, -0.2) is 29.2 Å². The van der Waals surface area contributed by atoms with E-state index in [9.17, 15) is 16.8 Å². The Morgan fingerprint density at radius 2 is 1.54 bits per heavy atom. The molecule has 0 amide bonds. The molecule has 0 bridgehead atoms. The van der Waals surface area contributed by atoms with Crippen LogP contribution < -0.4 is 9.44 Å². The van der Waals surface area contributed by atoms with E-state index >= 15 is 0 Å². The predicted octanol–water partition coefficient (Wildman–Crippen LogP) is 3.50. The fourth-order valence-corrected chi connectivity index (χ4v) is 5.90. The monoisotopic (exact) mass is 485 g/mol. The zero-order chi connectivity index (χ0) is 20.2. The predicted molar refractivity (Wildman–Crippen MR) is 112 cm³/mol. The molecule has 7 nitrogen and oxygen atoms in total. The summed E-state index contributed by atoms with van der Waals surface area (Å²) >= 11 is 3.22. The summed E-state index contributed by atoms with van der Waals surface area (Å²) in [5.41, 5.74) is 0.265. The van der Waals surface area contributed by atoms with Gasteiger partial charge in [-0.3, -0.25) is 14.4 Å². The molecule has 0 saturated carbocycles. The number of sulfonamides is 2. The van der Waals surface area contributed by atoms with Gasteiger partial charge < -0.3 is 0 Å². The molecule has 0 aromatic heterocycles. The maximum absolute atomic E-state index is 12.5. The molecule has 0 radical (unpaired) electrons. The first kappa shape index (κ1) is 20.8. The number of hydrogen-bond acceptors (Lipinski definition) is 5. The van der Waals surface area contributed by atoms with E-state index < -0.39 is 20.0 Å². The van der Waals surface area contributed by atoms with Crippen LogP contribution in [0.3, 0.4) is 0 Å². The lowest BCUT2D eigenvalue weighted by molar-refractivity contribution is 0.591. The van der Waals surface area contributed by atoms with Crippen LogP contribution in [0.1, 0.15) is 25.7 Å². The first-order valence-corrected chi connectivity index (χ1v) is 12.5. The highest BCUT2D eigenvalue weighted by Gasteiger charge is 2.19. The van der Waals surface area contributed by atoms with Gasteiger partial charge in [-0.25, -0.2) is 16.8 Å². The Morgan fingerprint density at radius 1 is 0.821 bits per heavy atom. The number of rotatable bonds is 5.